The molecule has 0 aliphatic rings. The molecule has 0 aromatic heterocycles. The Morgan fingerprint density at radius 3 is 2.38 bits per heavy atom. The molecule has 0 aliphatic carbocycles. The Hall–Kier alpha value is -1.91. The molecule has 0 saturated heterocycles. The van der Waals surface area contributed by atoms with E-state index in [9.17, 15) is 14.0 Å². The number of hydrogen-bond donors (Lipinski definition) is 2. The minimum atomic E-state index is -1.01. The van der Waals surface area contributed by atoms with E-state index in [1.807, 2.05) is 6.92 Å². The molecule has 0 radical (unpaired) electrons. The van der Waals surface area contributed by atoms with E-state index in [0.29, 0.717) is 24.9 Å². The van der Waals surface area contributed by atoms with Gasteiger partial charge in [-0.2, -0.15) is 0 Å². The van der Waals surface area contributed by atoms with Gasteiger partial charge >= 0.3 is 5.97 Å². The summed E-state index contributed by atoms with van der Waals surface area (Å²) in [6.45, 7) is 2.02. The van der Waals surface area contributed by atoms with Crippen molar-refractivity contribution in [2.45, 2.75) is 51.6 Å². The Bertz CT molecular complexity index is 459. The predicted molar refractivity (Wildman–Crippen MR) is 80.3 cm³/mol. The van der Waals surface area contributed by atoms with Crippen LogP contribution in [-0.4, -0.2) is 23.2 Å². The summed E-state index contributed by atoms with van der Waals surface area (Å²) >= 11 is 0. The molecule has 0 saturated carbocycles. The van der Waals surface area contributed by atoms with E-state index in [2.05, 4.69) is 5.32 Å². The maximum absolute atomic E-state index is 13.4. The normalized spacial score (nSPS) is 11.9. The molecule has 1 amide bonds. The molecule has 116 valence electrons. The summed E-state index contributed by atoms with van der Waals surface area (Å²) in [6.07, 6.45) is 2.79. The largest absolute Gasteiger partial charge is 0.478 e. The highest BCUT2D eigenvalue weighted by atomic mass is 19.1. The highest BCUT2D eigenvalue weighted by molar-refractivity contribution is 5.92. The SMILES string of the molecule is CCCCC(F)CCCC(=O)Nc1ccc(C(=O)O)cc1. The fourth-order valence-electron chi connectivity index (χ4n) is 1.97. The van der Waals surface area contributed by atoms with Gasteiger partial charge < -0.3 is 10.4 Å². The number of carboxylic acid groups (broad SMARTS) is 1. The molecule has 0 spiro atoms. The maximum atomic E-state index is 13.4. The van der Waals surface area contributed by atoms with E-state index in [1.54, 1.807) is 12.1 Å². The number of benzene rings is 1. The lowest BCUT2D eigenvalue weighted by Gasteiger charge is -2.08. The number of carbonyl (C=O) groups is 2. The van der Waals surface area contributed by atoms with Crippen molar-refractivity contribution in [3.63, 3.8) is 0 Å². The minimum absolute atomic E-state index is 0.171. The second-order valence-electron chi connectivity index (χ2n) is 5.06. The number of nitrogens with one attached hydrogen (secondary N) is 1. The molecule has 5 heteroatoms. The highest BCUT2D eigenvalue weighted by Crippen LogP contribution is 2.14. The van der Waals surface area contributed by atoms with E-state index in [0.717, 1.165) is 12.8 Å². The molecule has 1 aromatic carbocycles. The average Bonchev–Trinajstić information content (AvgIpc) is 2.45. The van der Waals surface area contributed by atoms with Crippen LogP contribution in [0.1, 0.15) is 55.8 Å². The van der Waals surface area contributed by atoms with Crippen LogP contribution in [0.25, 0.3) is 0 Å². The number of aromatic carboxylic acids is 1. The fraction of sp³-hybridized carbons (Fsp3) is 0.500. The number of carboxylic acids is 1. The smallest absolute Gasteiger partial charge is 0.335 e. The zero-order valence-corrected chi connectivity index (χ0v) is 12.3. The van der Waals surface area contributed by atoms with Gasteiger partial charge in [0, 0.05) is 12.1 Å². The molecule has 1 atom stereocenters. The number of rotatable bonds is 9. The molecule has 1 aromatic rings. The van der Waals surface area contributed by atoms with Crippen molar-refractivity contribution < 1.29 is 19.1 Å². The van der Waals surface area contributed by atoms with Crippen molar-refractivity contribution in [2.75, 3.05) is 5.32 Å². The van der Waals surface area contributed by atoms with E-state index >= 15 is 0 Å². The van der Waals surface area contributed by atoms with E-state index < -0.39 is 12.1 Å². The van der Waals surface area contributed by atoms with Gasteiger partial charge in [0.1, 0.15) is 6.17 Å². The van der Waals surface area contributed by atoms with Crippen molar-refractivity contribution in [1.29, 1.82) is 0 Å². The zero-order chi connectivity index (χ0) is 15.7. The van der Waals surface area contributed by atoms with Crippen LogP contribution < -0.4 is 5.32 Å². The highest BCUT2D eigenvalue weighted by Gasteiger charge is 2.08. The minimum Gasteiger partial charge on any atom is -0.478 e. The average molecular weight is 295 g/mol. The molecule has 1 rings (SSSR count). The maximum Gasteiger partial charge on any atom is 0.335 e. The molecule has 0 aliphatic heterocycles. The molecule has 4 nitrogen and oxygen atoms in total. The first-order chi connectivity index (χ1) is 10.0. The van der Waals surface area contributed by atoms with Crippen LogP contribution in [-0.2, 0) is 4.79 Å². The Kier molecular flexibility index (Phi) is 7.43. The number of unbranched alkanes of at least 4 members (excludes halogenated alkanes) is 1. The second-order valence-corrected chi connectivity index (χ2v) is 5.06. The number of amides is 1. The number of hydrogen-bond acceptors (Lipinski definition) is 2. The summed E-state index contributed by atoms with van der Waals surface area (Å²) in [7, 11) is 0. The molecule has 1 unspecified atom stereocenters. The van der Waals surface area contributed by atoms with Crippen LogP contribution in [0, 0.1) is 0 Å². The van der Waals surface area contributed by atoms with Crippen LogP contribution in [0.3, 0.4) is 0 Å². The van der Waals surface area contributed by atoms with Gasteiger partial charge in [-0.25, -0.2) is 9.18 Å². The Morgan fingerprint density at radius 2 is 1.81 bits per heavy atom. The second kappa shape index (κ2) is 9.10. The molecule has 0 bridgehead atoms. The quantitative estimate of drug-likeness (QED) is 0.723. The molecular formula is C16H22FNO3. The van der Waals surface area contributed by atoms with Gasteiger partial charge in [0.15, 0.2) is 0 Å². The lowest BCUT2D eigenvalue weighted by Crippen LogP contribution is -2.12. The van der Waals surface area contributed by atoms with Gasteiger partial charge in [0.2, 0.25) is 5.91 Å². The van der Waals surface area contributed by atoms with Crippen molar-refractivity contribution >= 4 is 17.6 Å². The summed E-state index contributed by atoms with van der Waals surface area (Å²) < 4.78 is 13.4. The first-order valence-electron chi connectivity index (χ1n) is 7.30. The van der Waals surface area contributed by atoms with Crippen LogP contribution in [0.4, 0.5) is 10.1 Å². The van der Waals surface area contributed by atoms with E-state index in [-0.39, 0.29) is 17.9 Å². The summed E-state index contributed by atoms with van der Waals surface area (Å²) in [5.74, 6) is -1.19. The zero-order valence-electron chi connectivity index (χ0n) is 12.3. The Labute approximate surface area is 124 Å². The molecule has 0 fully saturated rings. The third-order valence-electron chi connectivity index (χ3n) is 3.21. The molecular weight excluding hydrogens is 273 g/mol. The van der Waals surface area contributed by atoms with Gasteiger partial charge in [-0.3, -0.25) is 4.79 Å². The van der Waals surface area contributed by atoms with Gasteiger partial charge in [-0.05, 0) is 43.5 Å². The fourth-order valence-corrected chi connectivity index (χ4v) is 1.97. The Morgan fingerprint density at radius 1 is 1.19 bits per heavy atom. The number of anilines is 1. The van der Waals surface area contributed by atoms with Gasteiger partial charge in [0.25, 0.3) is 0 Å². The van der Waals surface area contributed by atoms with Crippen molar-refractivity contribution in [1.82, 2.24) is 0 Å². The topological polar surface area (TPSA) is 66.4 Å². The van der Waals surface area contributed by atoms with Crippen LogP contribution in [0.5, 0.6) is 0 Å². The summed E-state index contributed by atoms with van der Waals surface area (Å²) in [4.78, 5) is 22.4. The predicted octanol–water partition coefficient (Wildman–Crippen LogP) is 4.02. The van der Waals surface area contributed by atoms with Gasteiger partial charge in [0.05, 0.1) is 5.56 Å². The van der Waals surface area contributed by atoms with Gasteiger partial charge in [-0.1, -0.05) is 19.8 Å². The van der Waals surface area contributed by atoms with E-state index in [4.69, 9.17) is 5.11 Å². The monoisotopic (exact) mass is 295 g/mol. The molecule has 0 heterocycles. The lowest BCUT2D eigenvalue weighted by atomic mass is 10.1. The number of alkyl halides is 1. The summed E-state index contributed by atoms with van der Waals surface area (Å²) in [5.41, 5.74) is 0.719. The third kappa shape index (κ3) is 6.88. The number of carbonyl (C=O) groups excluding carboxylic acids is 1. The summed E-state index contributed by atoms with van der Waals surface area (Å²) in [6, 6.07) is 5.95. The standard InChI is InChI=1S/C16H22FNO3/c1-2-3-5-13(17)6-4-7-15(19)18-14-10-8-12(9-11-14)16(20)21/h8-11,13H,2-7H2,1H3,(H,18,19)(H,20,21). The van der Waals surface area contributed by atoms with Crippen LogP contribution in [0.2, 0.25) is 0 Å². The molecule has 2 N–H and O–H groups in total. The Balaban J connectivity index is 2.28. The van der Waals surface area contributed by atoms with Crippen molar-refractivity contribution in [3.8, 4) is 0 Å². The van der Waals surface area contributed by atoms with Gasteiger partial charge in [-0.15, -0.1) is 0 Å². The number of halogens is 1. The van der Waals surface area contributed by atoms with Crippen molar-refractivity contribution in [3.05, 3.63) is 29.8 Å². The molecule has 21 heavy (non-hydrogen) atoms. The first-order valence-corrected chi connectivity index (χ1v) is 7.30. The lowest BCUT2D eigenvalue weighted by molar-refractivity contribution is -0.116. The summed E-state index contributed by atoms with van der Waals surface area (Å²) in [5, 5.41) is 11.4. The first kappa shape index (κ1) is 17.1. The van der Waals surface area contributed by atoms with E-state index in [1.165, 1.54) is 12.1 Å². The van der Waals surface area contributed by atoms with Crippen LogP contribution in [0.15, 0.2) is 24.3 Å². The van der Waals surface area contributed by atoms with Crippen molar-refractivity contribution in [2.24, 2.45) is 0 Å². The third-order valence-corrected chi connectivity index (χ3v) is 3.21. The van der Waals surface area contributed by atoms with Crippen LogP contribution >= 0.6 is 0 Å².